The number of anilines is 1. The van der Waals surface area contributed by atoms with Crippen molar-refractivity contribution in [3.8, 4) is 5.75 Å². The first kappa shape index (κ1) is 17.1. The first-order chi connectivity index (χ1) is 11.9. The number of carbonyl (C=O) groups is 2. The molecule has 1 heterocycles. The van der Waals surface area contributed by atoms with Crippen molar-refractivity contribution in [2.45, 2.75) is 0 Å². The molecule has 0 unspecified atom stereocenters. The molecule has 0 radical (unpaired) electrons. The number of hydrogen-bond donors (Lipinski definition) is 3. The number of carboxylic acids is 1. The Hall–Kier alpha value is -2.70. The van der Waals surface area contributed by atoms with Crippen LogP contribution in [0.3, 0.4) is 0 Å². The molecule has 0 saturated heterocycles. The Bertz CT molecular complexity index is 998. The molecule has 1 amide bonds. The minimum absolute atomic E-state index is 0.0840. The van der Waals surface area contributed by atoms with E-state index in [0.717, 1.165) is 5.39 Å². The molecule has 0 aliphatic rings. The van der Waals surface area contributed by atoms with Crippen LogP contribution < -0.4 is 10.1 Å². The van der Waals surface area contributed by atoms with E-state index in [0.29, 0.717) is 16.2 Å². The largest absolute Gasteiger partial charge is 0.496 e. The van der Waals surface area contributed by atoms with Gasteiger partial charge < -0.3 is 20.1 Å². The van der Waals surface area contributed by atoms with E-state index in [9.17, 15) is 9.59 Å². The minimum atomic E-state index is -1.18. The number of halogens is 2. The van der Waals surface area contributed by atoms with Crippen LogP contribution in [0.4, 0.5) is 5.69 Å². The molecular formula is C17H12Cl2N2O4. The van der Waals surface area contributed by atoms with Gasteiger partial charge in [-0.25, -0.2) is 4.79 Å². The zero-order chi connectivity index (χ0) is 18.1. The molecule has 0 spiro atoms. The van der Waals surface area contributed by atoms with Crippen LogP contribution in [-0.2, 0) is 0 Å². The predicted molar refractivity (Wildman–Crippen MR) is 96.2 cm³/mol. The molecule has 25 heavy (non-hydrogen) atoms. The lowest BCUT2D eigenvalue weighted by atomic mass is 10.1. The number of methoxy groups -OCH3 is 1. The Morgan fingerprint density at radius 2 is 1.92 bits per heavy atom. The second-order valence-corrected chi connectivity index (χ2v) is 5.99. The van der Waals surface area contributed by atoms with E-state index in [1.807, 2.05) is 6.07 Å². The number of hydrogen-bond acceptors (Lipinski definition) is 3. The summed E-state index contributed by atoms with van der Waals surface area (Å²) in [7, 11) is 1.33. The van der Waals surface area contributed by atoms with Gasteiger partial charge in [-0.1, -0.05) is 35.3 Å². The Morgan fingerprint density at radius 3 is 2.56 bits per heavy atom. The summed E-state index contributed by atoms with van der Waals surface area (Å²) in [5.74, 6) is -1.53. The lowest BCUT2D eigenvalue weighted by Gasteiger charge is -2.11. The van der Waals surface area contributed by atoms with E-state index in [-0.39, 0.29) is 22.0 Å². The van der Waals surface area contributed by atoms with Crippen molar-refractivity contribution >= 4 is 51.7 Å². The number of carboxylic acid groups (broad SMARTS) is 1. The molecule has 0 fully saturated rings. The second-order valence-electron chi connectivity index (χ2n) is 5.18. The number of ether oxygens (including phenoxy) is 1. The average Bonchev–Trinajstić information content (AvgIpc) is 3.02. The summed E-state index contributed by atoms with van der Waals surface area (Å²) in [6, 6.07) is 9.57. The van der Waals surface area contributed by atoms with E-state index in [2.05, 4.69) is 10.3 Å². The van der Waals surface area contributed by atoms with Crippen LogP contribution in [0.2, 0.25) is 10.0 Å². The van der Waals surface area contributed by atoms with Crippen molar-refractivity contribution in [1.29, 1.82) is 0 Å². The molecule has 0 bridgehead atoms. The van der Waals surface area contributed by atoms with Crippen molar-refractivity contribution in [3.05, 3.63) is 57.7 Å². The molecule has 3 rings (SSSR count). The Kier molecular flexibility index (Phi) is 4.57. The molecule has 0 saturated carbocycles. The van der Waals surface area contributed by atoms with Crippen molar-refractivity contribution < 1.29 is 19.4 Å². The zero-order valence-electron chi connectivity index (χ0n) is 12.9. The van der Waals surface area contributed by atoms with Gasteiger partial charge in [0.2, 0.25) is 0 Å². The maximum atomic E-state index is 12.5. The number of benzene rings is 2. The number of amides is 1. The lowest BCUT2D eigenvalue weighted by Crippen LogP contribution is -2.13. The third-order valence-electron chi connectivity index (χ3n) is 3.62. The van der Waals surface area contributed by atoms with E-state index in [1.165, 1.54) is 19.2 Å². The minimum Gasteiger partial charge on any atom is -0.496 e. The summed E-state index contributed by atoms with van der Waals surface area (Å²) < 4.78 is 5.04. The van der Waals surface area contributed by atoms with Crippen molar-refractivity contribution in [1.82, 2.24) is 4.98 Å². The summed E-state index contributed by atoms with van der Waals surface area (Å²) in [4.78, 5) is 26.6. The number of aromatic amines is 1. The van der Waals surface area contributed by atoms with Crippen LogP contribution >= 0.6 is 23.2 Å². The van der Waals surface area contributed by atoms with E-state index >= 15 is 0 Å². The first-order valence-corrected chi connectivity index (χ1v) is 7.85. The fourth-order valence-corrected chi connectivity index (χ4v) is 2.86. The van der Waals surface area contributed by atoms with Gasteiger partial charge in [-0.05, 0) is 18.2 Å². The number of aromatic carboxylic acids is 1. The number of nitrogens with one attached hydrogen (secondary N) is 2. The fraction of sp³-hybridized carbons (Fsp3) is 0.0588. The van der Waals surface area contributed by atoms with Crippen LogP contribution in [0.1, 0.15) is 20.8 Å². The monoisotopic (exact) mass is 378 g/mol. The lowest BCUT2D eigenvalue weighted by molar-refractivity contribution is 0.0693. The topological polar surface area (TPSA) is 91.4 Å². The highest BCUT2D eigenvalue weighted by molar-refractivity contribution is 6.35. The van der Waals surface area contributed by atoms with Crippen molar-refractivity contribution in [3.63, 3.8) is 0 Å². The Morgan fingerprint density at radius 1 is 1.16 bits per heavy atom. The van der Waals surface area contributed by atoms with E-state index in [1.54, 1.807) is 18.2 Å². The molecule has 3 aromatic rings. The first-order valence-electron chi connectivity index (χ1n) is 7.10. The number of para-hydroxylation sites is 1. The molecule has 1 aromatic heterocycles. The molecule has 3 N–H and O–H groups in total. The van der Waals surface area contributed by atoms with Gasteiger partial charge in [0.25, 0.3) is 5.91 Å². The van der Waals surface area contributed by atoms with Gasteiger partial charge in [-0.2, -0.15) is 0 Å². The Labute approximate surface area is 152 Å². The normalized spacial score (nSPS) is 10.7. The van der Waals surface area contributed by atoms with Crippen LogP contribution in [0, 0.1) is 0 Å². The maximum Gasteiger partial charge on any atom is 0.339 e. The van der Waals surface area contributed by atoms with Crippen molar-refractivity contribution in [2.75, 3.05) is 12.4 Å². The summed E-state index contributed by atoms with van der Waals surface area (Å²) in [6.07, 6.45) is 0. The smallest absolute Gasteiger partial charge is 0.339 e. The number of H-pyrrole nitrogens is 1. The maximum absolute atomic E-state index is 12.5. The second kappa shape index (κ2) is 6.66. The van der Waals surface area contributed by atoms with Crippen molar-refractivity contribution in [2.24, 2.45) is 0 Å². The van der Waals surface area contributed by atoms with Crippen LogP contribution in [-0.4, -0.2) is 29.1 Å². The molecule has 0 atom stereocenters. The molecule has 0 aliphatic carbocycles. The highest BCUT2D eigenvalue weighted by atomic mass is 35.5. The number of rotatable bonds is 4. The van der Waals surface area contributed by atoms with Gasteiger partial charge in [-0.15, -0.1) is 0 Å². The quantitative estimate of drug-likeness (QED) is 0.625. The van der Waals surface area contributed by atoms with Gasteiger partial charge in [-0.3, -0.25) is 4.79 Å². The molecule has 0 aliphatic heterocycles. The van der Waals surface area contributed by atoms with Crippen LogP contribution in [0.15, 0.2) is 36.4 Å². The highest BCUT2D eigenvalue weighted by Crippen LogP contribution is 2.31. The average molecular weight is 379 g/mol. The standard InChI is InChI=1S/C17H12Cl2N2O4/c1-25-14-7-12(11(19)6-9(14)17(23)24)21-16(22)13-5-8-3-2-4-10(18)15(8)20-13/h2-7,20H,1H3,(H,21,22)(H,23,24). The van der Waals surface area contributed by atoms with Gasteiger partial charge in [0, 0.05) is 11.5 Å². The van der Waals surface area contributed by atoms with E-state index < -0.39 is 11.9 Å². The summed E-state index contributed by atoms with van der Waals surface area (Å²) in [5.41, 5.74) is 1.08. The number of carbonyl (C=O) groups excluding carboxylic acids is 1. The third kappa shape index (κ3) is 3.26. The van der Waals surface area contributed by atoms with Gasteiger partial charge in [0.15, 0.2) is 0 Å². The summed E-state index contributed by atoms with van der Waals surface area (Å²) >= 11 is 12.2. The van der Waals surface area contributed by atoms with Crippen LogP contribution in [0.5, 0.6) is 5.75 Å². The molecule has 2 aromatic carbocycles. The number of fused-ring (bicyclic) bond motifs is 1. The van der Waals surface area contributed by atoms with Gasteiger partial charge >= 0.3 is 5.97 Å². The highest BCUT2D eigenvalue weighted by Gasteiger charge is 2.18. The van der Waals surface area contributed by atoms with Gasteiger partial charge in [0.05, 0.1) is 28.4 Å². The predicted octanol–water partition coefficient (Wildman–Crippen LogP) is 4.43. The number of aromatic nitrogens is 1. The fourth-order valence-electron chi connectivity index (χ4n) is 2.42. The zero-order valence-corrected chi connectivity index (χ0v) is 14.4. The molecule has 8 heteroatoms. The molecule has 128 valence electrons. The molecule has 6 nitrogen and oxygen atoms in total. The SMILES string of the molecule is COc1cc(NC(=O)c2cc3cccc(Cl)c3[nH]2)c(Cl)cc1C(=O)O. The van der Waals surface area contributed by atoms with Crippen LogP contribution in [0.25, 0.3) is 10.9 Å². The third-order valence-corrected chi connectivity index (χ3v) is 4.25. The summed E-state index contributed by atoms with van der Waals surface area (Å²) in [5, 5.41) is 13.1. The summed E-state index contributed by atoms with van der Waals surface area (Å²) in [6.45, 7) is 0. The molecular weight excluding hydrogens is 367 g/mol. The van der Waals surface area contributed by atoms with Gasteiger partial charge in [0.1, 0.15) is 17.0 Å². The van der Waals surface area contributed by atoms with E-state index in [4.69, 9.17) is 33.0 Å². The Balaban J connectivity index is 1.94.